The number of amides is 1. The molecule has 23 heavy (non-hydrogen) atoms. The van der Waals surface area contributed by atoms with Crippen LogP contribution in [0.1, 0.15) is 22.8 Å². The van der Waals surface area contributed by atoms with Gasteiger partial charge in [0.2, 0.25) is 0 Å². The van der Waals surface area contributed by atoms with Crippen LogP contribution in [0.2, 0.25) is 0 Å². The summed E-state index contributed by atoms with van der Waals surface area (Å²) in [5.74, 6) is 0.0448. The van der Waals surface area contributed by atoms with Crippen LogP contribution in [0, 0.1) is 0 Å². The number of aromatic nitrogens is 2. The number of carbonyl (C=O) groups is 1. The summed E-state index contributed by atoms with van der Waals surface area (Å²) in [6, 6.07) is 19.5. The first-order valence-corrected chi connectivity index (χ1v) is 7.71. The molecule has 0 fully saturated rings. The van der Waals surface area contributed by atoms with E-state index in [9.17, 15) is 4.79 Å². The molecule has 4 heteroatoms. The first-order chi connectivity index (χ1) is 11.3. The van der Waals surface area contributed by atoms with Gasteiger partial charge in [-0.25, -0.2) is 4.68 Å². The molecule has 0 saturated heterocycles. The molecule has 116 valence electrons. The summed E-state index contributed by atoms with van der Waals surface area (Å²) in [6.07, 6.45) is 3.61. The standard InChI is InChI=1S/C19H19N3O/c1-2-21(15-16-7-4-3-5-8-16)19(23)17-9-11-18(12-10-17)22-14-6-13-20-22/h3-14H,2,15H2,1H3. The lowest BCUT2D eigenvalue weighted by Crippen LogP contribution is -2.30. The third-order valence-electron chi connectivity index (χ3n) is 3.77. The fraction of sp³-hybridized carbons (Fsp3) is 0.158. The molecular weight excluding hydrogens is 286 g/mol. The van der Waals surface area contributed by atoms with Gasteiger partial charge in [0.1, 0.15) is 0 Å². The molecule has 3 rings (SSSR count). The van der Waals surface area contributed by atoms with Crippen molar-refractivity contribution in [1.82, 2.24) is 14.7 Å². The normalized spacial score (nSPS) is 10.5. The maximum absolute atomic E-state index is 12.7. The Morgan fingerprint density at radius 1 is 1.04 bits per heavy atom. The average Bonchev–Trinajstić information content (AvgIpc) is 3.15. The minimum absolute atomic E-state index is 0.0448. The number of carbonyl (C=O) groups excluding carboxylic acids is 1. The Kier molecular flexibility index (Phi) is 4.52. The minimum atomic E-state index is 0.0448. The molecule has 0 aliphatic heterocycles. The van der Waals surface area contributed by atoms with Crippen LogP contribution in [0.25, 0.3) is 5.69 Å². The molecule has 1 amide bonds. The van der Waals surface area contributed by atoms with Gasteiger partial charge >= 0.3 is 0 Å². The smallest absolute Gasteiger partial charge is 0.254 e. The highest BCUT2D eigenvalue weighted by atomic mass is 16.2. The quantitative estimate of drug-likeness (QED) is 0.723. The Balaban J connectivity index is 1.75. The van der Waals surface area contributed by atoms with Gasteiger partial charge in [-0.15, -0.1) is 0 Å². The number of rotatable bonds is 5. The molecule has 0 aliphatic rings. The second-order valence-corrected chi connectivity index (χ2v) is 5.30. The van der Waals surface area contributed by atoms with E-state index in [1.807, 2.05) is 78.7 Å². The molecule has 0 atom stereocenters. The van der Waals surface area contributed by atoms with Gasteiger partial charge in [-0.05, 0) is 42.8 Å². The highest BCUT2D eigenvalue weighted by Crippen LogP contribution is 2.13. The lowest BCUT2D eigenvalue weighted by atomic mass is 10.1. The van der Waals surface area contributed by atoms with Gasteiger partial charge in [-0.3, -0.25) is 4.79 Å². The minimum Gasteiger partial charge on any atom is -0.335 e. The zero-order valence-corrected chi connectivity index (χ0v) is 13.1. The zero-order chi connectivity index (χ0) is 16.1. The fourth-order valence-electron chi connectivity index (χ4n) is 2.49. The molecule has 0 bridgehead atoms. The lowest BCUT2D eigenvalue weighted by Gasteiger charge is -2.21. The van der Waals surface area contributed by atoms with Crippen LogP contribution in [-0.4, -0.2) is 27.1 Å². The van der Waals surface area contributed by atoms with Gasteiger partial charge in [0.15, 0.2) is 0 Å². The van der Waals surface area contributed by atoms with Crippen molar-refractivity contribution in [2.45, 2.75) is 13.5 Å². The van der Waals surface area contributed by atoms with Crippen LogP contribution in [0.3, 0.4) is 0 Å². The Hall–Kier alpha value is -2.88. The second kappa shape index (κ2) is 6.92. The third-order valence-corrected chi connectivity index (χ3v) is 3.77. The lowest BCUT2D eigenvalue weighted by molar-refractivity contribution is 0.0752. The maximum Gasteiger partial charge on any atom is 0.254 e. The summed E-state index contributed by atoms with van der Waals surface area (Å²) in [4.78, 5) is 14.5. The summed E-state index contributed by atoms with van der Waals surface area (Å²) < 4.78 is 1.77. The van der Waals surface area contributed by atoms with Crippen LogP contribution >= 0.6 is 0 Å². The number of nitrogens with zero attached hydrogens (tertiary/aromatic N) is 3. The molecule has 0 spiro atoms. The van der Waals surface area contributed by atoms with Crippen molar-refractivity contribution in [3.05, 3.63) is 84.2 Å². The van der Waals surface area contributed by atoms with Crippen molar-refractivity contribution in [2.75, 3.05) is 6.54 Å². The molecule has 4 nitrogen and oxygen atoms in total. The fourth-order valence-corrected chi connectivity index (χ4v) is 2.49. The van der Waals surface area contributed by atoms with E-state index >= 15 is 0 Å². The molecule has 0 unspecified atom stereocenters. The summed E-state index contributed by atoms with van der Waals surface area (Å²) in [6.45, 7) is 3.30. The maximum atomic E-state index is 12.7. The first kappa shape index (κ1) is 15.0. The van der Waals surface area contributed by atoms with Crippen LogP contribution in [0.4, 0.5) is 0 Å². The molecule has 0 saturated carbocycles. The molecular formula is C19H19N3O. The molecule has 1 heterocycles. The van der Waals surface area contributed by atoms with E-state index in [1.54, 1.807) is 10.9 Å². The summed E-state index contributed by atoms with van der Waals surface area (Å²) in [5, 5.41) is 4.19. The number of benzene rings is 2. The highest BCUT2D eigenvalue weighted by molar-refractivity contribution is 5.94. The van der Waals surface area contributed by atoms with Gasteiger partial charge in [0.05, 0.1) is 5.69 Å². The van der Waals surface area contributed by atoms with Crippen LogP contribution in [-0.2, 0) is 6.54 Å². The topological polar surface area (TPSA) is 38.1 Å². The highest BCUT2D eigenvalue weighted by Gasteiger charge is 2.14. The van der Waals surface area contributed by atoms with E-state index in [1.165, 1.54) is 0 Å². The van der Waals surface area contributed by atoms with E-state index in [0.29, 0.717) is 18.7 Å². The number of hydrogen-bond donors (Lipinski definition) is 0. The van der Waals surface area contributed by atoms with Crippen molar-refractivity contribution in [1.29, 1.82) is 0 Å². The predicted molar refractivity (Wildman–Crippen MR) is 90.4 cm³/mol. The van der Waals surface area contributed by atoms with Crippen molar-refractivity contribution in [3.8, 4) is 5.69 Å². The summed E-state index contributed by atoms with van der Waals surface area (Å²) in [7, 11) is 0. The second-order valence-electron chi connectivity index (χ2n) is 5.30. The van der Waals surface area contributed by atoms with Gasteiger partial charge in [-0.2, -0.15) is 5.10 Å². The van der Waals surface area contributed by atoms with Crippen LogP contribution in [0.5, 0.6) is 0 Å². The van der Waals surface area contributed by atoms with Crippen LogP contribution in [0.15, 0.2) is 73.1 Å². The molecule has 3 aromatic rings. The van der Waals surface area contributed by atoms with E-state index in [2.05, 4.69) is 5.10 Å². The van der Waals surface area contributed by atoms with Gasteiger partial charge in [-0.1, -0.05) is 30.3 Å². The Morgan fingerprint density at radius 2 is 1.78 bits per heavy atom. The van der Waals surface area contributed by atoms with Gasteiger partial charge < -0.3 is 4.90 Å². The third kappa shape index (κ3) is 3.48. The monoisotopic (exact) mass is 305 g/mol. The zero-order valence-electron chi connectivity index (χ0n) is 13.1. The largest absolute Gasteiger partial charge is 0.335 e. The molecule has 1 aromatic heterocycles. The van der Waals surface area contributed by atoms with Crippen molar-refractivity contribution in [3.63, 3.8) is 0 Å². The van der Waals surface area contributed by atoms with Crippen molar-refractivity contribution < 1.29 is 4.79 Å². The van der Waals surface area contributed by atoms with Gasteiger partial charge in [0.25, 0.3) is 5.91 Å². The SMILES string of the molecule is CCN(Cc1ccccc1)C(=O)c1ccc(-n2cccn2)cc1. The van der Waals surface area contributed by atoms with E-state index in [4.69, 9.17) is 0 Å². The average molecular weight is 305 g/mol. The molecule has 0 aliphatic carbocycles. The van der Waals surface area contributed by atoms with E-state index in [0.717, 1.165) is 11.3 Å². The van der Waals surface area contributed by atoms with Crippen LogP contribution < -0.4 is 0 Å². The summed E-state index contributed by atoms with van der Waals surface area (Å²) in [5.41, 5.74) is 2.77. The van der Waals surface area contributed by atoms with E-state index in [-0.39, 0.29) is 5.91 Å². The van der Waals surface area contributed by atoms with Crippen molar-refractivity contribution >= 4 is 5.91 Å². The first-order valence-electron chi connectivity index (χ1n) is 7.71. The van der Waals surface area contributed by atoms with Crippen molar-refractivity contribution in [2.24, 2.45) is 0 Å². The Morgan fingerprint density at radius 3 is 2.39 bits per heavy atom. The predicted octanol–water partition coefficient (Wildman–Crippen LogP) is 3.53. The number of hydrogen-bond acceptors (Lipinski definition) is 2. The molecule has 0 N–H and O–H groups in total. The van der Waals surface area contributed by atoms with E-state index < -0.39 is 0 Å². The molecule has 0 radical (unpaired) electrons. The summed E-state index contributed by atoms with van der Waals surface area (Å²) >= 11 is 0. The van der Waals surface area contributed by atoms with Gasteiger partial charge in [0, 0.05) is 31.0 Å². The molecule has 2 aromatic carbocycles. The Labute approximate surface area is 136 Å². The Bertz CT molecular complexity index is 749.